The van der Waals surface area contributed by atoms with Gasteiger partial charge in [0.05, 0.1) is 12.1 Å². The van der Waals surface area contributed by atoms with E-state index in [1.165, 1.54) is 11.3 Å². The van der Waals surface area contributed by atoms with Crippen LogP contribution in [-0.4, -0.2) is 42.8 Å². The number of rotatable bonds is 2. The van der Waals surface area contributed by atoms with Gasteiger partial charge >= 0.3 is 0 Å². The van der Waals surface area contributed by atoms with Crippen LogP contribution in [0.3, 0.4) is 0 Å². The van der Waals surface area contributed by atoms with E-state index in [1.807, 2.05) is 19.2 Å². The van der Waals surface area contributed by atoms with Crippen molar-refractivity contribution in [2.24, 2.45) is 0 Å². The van der Waals surface area contributed by atoms with Gasteiger partial charge in [0.25, 0.3) is 0 Å². The molecule has 14 heavy (non-hydrogen) atoms. The molecule has 2 aliphatic rings. The first-order valence-corrected chi connectivity index (χ1v) is 4.85. The highest BCUT2D eigenvalue weighted by Crippen LogP contribution is 2.34. The normalized spacial score (nSPS) is 30.1. The summed E-state index contributed by atoms with van der Waals surface area (Å²) < 4.78 is 0. The van der Waals surface area contributed by atoms with Gasteiger partial charge in [0, 0.05) is 19.3 Å². The lowest BCUT2D eigenvalue weighted by molar-refractivity contribution is 0.225. The molecule has 0 fully saturated rings. The predicted octanol–water partition coefficient (Wildman–Crippen LogP) is 0.262. The van der Waals surface area contributed by atoms with Crippen LogP contribution in [-0.2, 0) is 0 Å². The highest BCUT2D eigenvalue weighted by molar-refractivity contribution is 5.51. The van der Waals surface area contributed by atoms with E-state index in [0.717, 1.165) is 6.54 Å². The first kappa shape index (κ1) is 9.49. The highest BCUT2D eigenvalue weighted by atomic mass is 16.3. The summed E-state index contributed by atoms with van der Waals surface area (Å²) in [6, 6.07) is 0. The fourth-order valence-corrected chi connectivity index (χ4v) is 2.09. The van der Waals surface area contributed by atoms with Gasteiger partial charge in [0.2, 0.25) is 0 Å². The second kappa shape index (κ2) is 3.26. The van der Waals surface area contributed by atoms with Gasteiger partial charge in [-0.15, -0.1) is 0 Å². The molecule has 76 valence electrons. The minimum absolute atomic E-state index is 0.0943. The number of nitrogens with zero attached hydrogens (tertiary/aromatic N) is 1. The lowest BCUT2D eigenvalue weighted by Gasteiger charge is -2.34. The number of hydrogen-bond acceptors (Lipinski definition) is 3. The van der Waals surface area contributed by atoms with E-state index in [2.05, 4.69) is 29.4 Å². The maximum absolute atomic E-state index is 9.47. The van der Waals surface area contributed by atoms with Crippen LogP contribution < -0.4 is 5.32 Å². The zero-order valence-electron chi connectivity index (χ0n) is 8.62. The van der Waals surface area contributed by atoms with Crippen molar-refractivity contribution in [3.8, 4) is 0 Å². The Morgan fingerprint density at radius 3 is 3.07 bits per heavy atom. The first-order chi connectivity index (χ1) is 6.73. The lowest BCUT2D eigenvalue weighted by atomic mass is 9.85. The van der Waals surface area contributed by atoms with Crippen molar-refractivity contribution in [3.63, 3.8) is 0 Å². The van der Waals surface area contributed by atoms with Crippen molar-refractivity contribution in [1.82, 2.24) is 10.2 Å². The van der Waals surface area contributed by atoms with Gasteiger partial charge in [-0.1, -0.05) is 18.2 Å². The van der Waals surface area contributed by atoms with Crippen LogP contribution in [0.1, 0.15) is 0 Å². The van der Waals surface area contributed by atoms with E-state index in [0.29, 0.717) is 0 Å². The maximum Gasteiger partial charge on any atom is 0.0873 e. The Hall–Kier alpha value is -1.06. The van der Waals surface area contributed by atoms with Crippen LogP contribution in [0.15, 0.2) is 35.6 Å². The minimum Gasteiger partial charge on any atom is -0.394 e. The van der Waals surface area contributed by atoms with Crippen LogP contribution in [0, 0.1) is 0 Å². The Labute approximate surface area is 84.4 Å². The minimum atomic E-state index is -0.380. The van der Waals surface area contributed by atoms with Crippen LogP contribution >= 0.6 is 0 Å². The van der Waals surface area contributed by atoms with E-state index in [9.17, 15) is 5.11 Å². The predicted molar refractivity (Wildman–Crippen MR) is 56.8 cm³/mol. The third kappa shape index (κ3) is 1.13. The van der Waals surface area contributed by atoms with Crippen molar-refractivity contribution >= 4 is 0 Å². The highest BCUT2D eigenvalue weighted by Gasteiger charge is 2.36. The molecule has 0 aromatic carbocycles. The molecule has 2 rings (SSSR count). The maximum atomic E-state index is 9.47. The average molecular weight is 192 g/mol. The van der Waals surface area contributed by atoms with Crippen LogP contribution in [0.4, 0.5) is 0 Å². The molecular formula is C11H16N2O. The van der Waals surface area contributed by atoms with Gasteiger partial charge in [-0.25, -0.2) is 0 Å². The van der Waals surface area contributed by atoms with E-state index < -0.39 is 0 Å². The van der Waals surface area contributed by atoms with Crippen molar-refractivity contribution in [2.45, 2.75) is 5.54 Å². The van der Waals surface area contributed by atoms with E-state index in [1.54, 1.807) is 0 Å². The standard InChI is InChI=1S/C11H16N2O/c1-12-11(8-14)6-3-4-10-9(11)5-7-13(10)2/h3-6,12,14H,7-8H2,1-2H3. The van der Waals surface area contributed by atoms with Gasteiger partial charge in [-0.3, -0.25) is 0 Å². The molecule has 0 spiro atoms. The number of fused-ring (bicyclic) bond motifs is 1. The van der Waals surface area contributed by atoms with Gasteiger partial charge in [0.15, 0.2) is 0 Å². The van der Waals surface area contributed by atoms with Crippen LogP contribution in [0.25, 0.3) is 0 Å². The summed E-state index contributed by atoms with van der Waals surface area (Å²) in [6.45, 7) is 1.02. The molecule has 0 saturated heterocycles. The molecule has 2 N–H and O–H groups in total. The second-order valence-corrected chi connectivity index (χ2v) is 3.79. The SMILES string of the molecule is CNC1(CO)C=CC=C2C1=CCN2C. The van der Waals surface area contributed by atoms with Crippen molar-refractivity contribution < 1.29 is 5.11 Å². The quantitative estimate of drug-likeness (QED) is 0.659. The Balaban J connectivity index is 2.42. The van der Waals surface area contributed by atoms with E-state index in [-0.39, 0.29) is 12.1 Å². The monoisotopic (exact) mass is 192 g/mol. The van der Waals surface area contributed by atoms with Crippen LogP contribution in [0.5, 0.6) is 0 Å². The Kier molecular flexibility index (Phi) is 2.21. The van der Waals surface area contributed by atoms with E-state index >= 15 is 0 Å². The number of nitrogens with one attached hydrogen (secondary N) is 1. The third-order valence-electron chi connectivity index (χ3n) is 3.07. The topological polar surface area (TPSA) is 35.5 Å². The Morgan fingerprint density at radius 2 is 2.43 bits per heavy atom. The van der Waals surface area contributed by atoms with Crippen molar-refractivity contribution in [1.29, 1.82) is 0 Å². The number of aliphatic hydroxyl groups excluding tert-OH is 1. The Morgan fingerprint density at radius 1 is 1.64 bits per heavy atom. The molecule has 0 aromatic heterocycles. The number of allylic oxidation sites excluding steroid dienone is 2. The van der Waals surface area contributed by atoms with E-state index in [4.69, 9.17) is 0 Å². The molecule has 0 radical (unpaired) electrons. The fourth-order valence-electron chi connectivity index (χ4n) is 2.09. The average Bonchev–Trinajstić information content (AvgIpc) is 2.61. The molecular weight excluding hydrogens is 176 g/mol. The summed E-state index contributed by atoms with van der Waals surface area (Å²) in [6.07, 6.45) is 8.27. The Bertz CT molecular complexity index is 324. The van der Waals surface area contributed by atoms with Gasteiger partial charge in [-0.05, 0) is 18.7 Å². The van der Waals surface area contributed by atoms with Gasteiger partial charge in [0.1, 0.15) is 0 Å². The van der Waals surface area contributed by atoms with Crippen molar-refractivity contribution in [2.75, 3.05) is 27.2 Å². The van der Waals surface area contributed by atoms with Crippen LogP contribution in [0.2, 0.25) is 0 Å². The first-order valence-electron chi connectivity index (χ1n) is 4.85. The molecule has 1 aliphatic carbocycles. The molecule has 3 heteroatoms. The molecule has 0 saturated carbocycles. The largest absolute Gasteiger partial charge is 0.394 e. The summed E-state index contributed by atoms with van der Waals surface area (Å²) in [5.41, 5.74) is 2.01. The molecule has 1 atom stereocenters. The molecule has 0 amide bonds. The summed E-state index contributed by atoms with van der Waals surface area (Å²) in [5, 5.41) is 12.7. The smallest absolute Gasteiger partial charge is 0.0873 e. The number of likely N-dealkylation sites (N-methyl/N-ethyl adjacent to an activating group) is 2. The summed E-state index contributed by atoms with van der Waals surface area (Å²) in [4.78, 5) is 2.18. The van der Waals surface area contributed by atoms with Gasteiger partial charge < -0.3 is 15.3 Å². The fraction of sp³-hybridized carbons (Fsp3) is 0.455. The van der Waals surface area contributed by atoms with Crippen molar-refractivity contribution in [3.05, 3.63) is 35.6 Å². The summed E-state index contributed by atoms with van der Waals surface area (Å²) >= 11 is 0. The molecule has 0 aromatic rings. The lowest BCUT2D eigenvalue weighted by Crippen LogP contribution is -2.47. The zero-order chi connectivity index (χ0) is 10.2. The molecule has 3 nitrogen and oxygen atoms in total. The molecule has 1 heterocycles. The third-order valence-corrected chi connectivity index (χ3v) is 3.07. The summed E-state index contributed by atoms with van der Waals surface area (Å²) in [7, 11) is 3.94. The molecule has 1 aliphatic heterocycles. The summed E-state index contributed by atoms with van der Waals surface area (Å²) in [5.74, 6) is 0. The number of aliphatic hydroxyl groups is 1. The van der Waals surface area contributed by atoms with Gasteiger partial charge in [-0.2, -0.15) is 0 Å². The molecule has 0 bridgehead atoms. The zero-order valence-corrected chi connectivity index (χ0v) is 8.62. The number of hydrogen-bond donors (Lipinski definition) is 2. The molecule has 1 unspecified atom stereocenters. The second-order valence-electron chi connectivity index (χ2n) is 3.79.